The lowest BCUT2D eigenvalue weighted by Gasteiger charge is -2.10. The molecule has 2 N–H and O–H groups in total. The zero-order valence-electron chi connectivity index (χ0n) is 8.80. The average molecular weight is 283 g/mol. The molecule has 0 aliphatic rings. The third-order valence-corrected chi connectivity index (χ3v) is 1.89. The smallest absolute Gasteiger partial charge is 0.354 e. The number of halogens is 4. The summed E-state index contributed by atoms with van der Waals surface area (Å²) >= 11 is 5.41. The maximum atomic E-state index is 12.0. The number of carbonyl (C=O) groups is 2. The van der Waals surface area contributed by atoms with Crippen LogP contribution in [0.15, 0.2) is 6.20 Å². The minimum atomic E-state index is -5.08. The second kappa shape index (κ2) is 5.17. The van der Waals surface area contributed by atoms with Gasteiger partial charge in [0.25, 0.3) is 5.91 Å². The van der Waals surface area contributed by atoms with Gasteiger partial charge in [-0.25, -0.2) is 9.97 Å². The quantitative estimate of drug-likeness (QED) is 0.792. The van der Waals surface area contributed by atoms with E-state index in [4.69, 9.17) is 11.6 Å². The molecule has 1 heterocycles. The van der Waals surface area contributed by atoms with Gasteiger partial charge in [-0.1, -0.05) is 0 Å². The normalized spacial score (nSPS) is 10.9. The van der Waals surface area contributed by atoms with E-state index >= 15 is 0 Å². The monoisotopic (exact) mass is 282 g/mol. The van der Waals surface area contributed by atoms with E-state index in [-0.39, 0.29) is 5.28 Å². The van der Waals surface area contributed by atoms with Crippen molar-refractivity contribution in [2.75, 3.05) is 12.4 Å². The Morgan fingerprint density at radius 3 is 2.50 bits per heavy atom. The van der Waals surface area contributed by atoms with Crippen LogP contribution in [0.25, 0.3) is 0 Å². The van der Waals surface area contributed by atoms with Gasteiger partial charge in [0.05, 0.1) is 11.9 Å². The van der Waals surface area contributed by atoms with Gasteiger partial charge in [-0.05, 0) is 11.6 Å². The first-order valence-corrected chi connectivity index (χ1v) is 4.76. The summed E-state index contributed by atoms with van der Waals surface area (Å²) in [5.74, 6) is -3.05. The van der Waals surface area contributed by atoms with Crippen LogP contribution in [0.3, 0.4) is 0 Å². The number of aromatic nitrogens is 2. The number of carbonyl (C=O) groups excluding carboxylic acids is 2. The van der Waals surface area contributed by atoms with Gasteiger partial charge in [0.2, 0.25) is 5.28 Å². The number of nitrogens with one attached hydrogen (secondary N) is 2. The maximum Gasteiger partial charge on any atom is 0.471 e. The molecule has 2 amide bonds. The fraction of sp³-hybridized carbons (Fsp3) is 0.250. The van der Waals surface area contributed by atoms with Crippen molar-refractivity contribution >= 4 is 29.1 Å². The number of hydrogen-bond acceptors (Lipinski definition) is 4. The molecule has 0 aromatic carbocycles. The lowest BCUT2D eigenvalue weighted by molar-refractivity contribution is -0.167. The van der Waals surface area contributed by atoms with Gasteiger partial charge < -0.3 is 10.6 Å². The van der Waals surface area contributed by atoms with Crippen molar-refractivity contribution in [2.45, 2.75) is 6.18 Å². The molecule has 0 fully saturated rings. The van der Waals surface area contributed by atoms with Gasteiger partial charge in [-0.15, -0.1) is 0 Å². The van der Waals surface area contributed by atoms with Crippen LogP contribution in [0, 0.1) is 0 Å². The van der Waals surface area contributed by atoms with Gasteiger partial charge in [0, 0.05) is 7.05 Å². The van der Waals surface area contributed by atoms with Crippen LogP contribution in [0.2, 0.25) is 5.28 Å². The molecule has 0 aliphatic heterocycles. The van der Waals surface area contributed by atoms with Gasteiger partial charge in [-0.3, -0.25) is 9.59 Å². The minimum Gasteiger partial charge on any atom is -0.354 e. The molecule has 0 bridgehead atoms. The molecule has 10 heteroatoms. The van der Waals surface area contributed by atoms with Gasteiger partial charge in [-0.2, -0.15) is 13.2 Å². The van der Waals surface area contributed by atoms with Gasteiger partial charge >= 0.3 is 12.1 Å². The van der Waals surface area contributed by atoms with E-state index in [1.54, 1.807) is 0 Å². The molecular formula is C8H6ClF3N4O2. The van der Waals surface area contributed by atoms with E-state index in [2.05, 4.69) is 15.3 Å². The highest BCUT2D eigenvalue weighted by molar-refractivity contribution is 6.28. The standard InChI is InChI=1S/C8H6ClF3N4O2/c1-13-5(17)4-3(2-14-7(9)16-4)15-6(18)8(10,11)12/h2H,1H3,(H,13,17)(H,15,18). The van der Waals surface area contributed by atoms with E-state index < -0.39 is 29.4 Å². The van der Waals surface area contributed by atoms with E-state index in [1.807, 2.05) is 0 Å². The third kappa shape index (κ3) is 3.29. The molecule has 0 aliphatic carbocycles. The van der Waals surface area contributed by atoms with Crippen molar-refractivity contribution in [2.24, 2.45) is 0 Å². The highest BCUT2D eigenvalue weighted by Crippen LogP contribution is 2.20. The van der Waals surface area contributed by atoms with Gasteiger partial charge in [0.15, 0.2) is 5.69 Å². The molecule has 0 radical (unpaired) electrons. The highest BCUT2D eigenvalue weighted by atomic mass is 35.5. The molecule has 18 heavy (non-hydrogen) atoms. The Kier molecular flexibility index (Phi) is 4.07. The Labute approximate surface area is 104 Å². The summed E-state index contributed by atoms with van der Waals surface area (Å²) in [6, 6.07) is 0. The van der Waals surface area contributed by atoms with Crippen LogP contribution in [0.1, 0.15) is 10.5 Å². The summed E-state index contributed by atoms with van der Waals surface area (Å²) in [6.45, 7) is 0. The molecule has 1 rings (SSSR count). The largest absolute Gasteiger partial charge is 0.471 e. The number of anilines is 1. The number of alkyl halides is 3. The number of hydrogen-bond donors (Lipinski definition) is 2. The van der Waals surface area contributed by atoms with Crippen molar-refractivity contribution in [1.82, 2.24) is 15.3 Å². The molecule has 0 saturated heterocycles. The predicted molar refractivity (Wildman–Crippen MR) is 55.1 cm³/mol. The number of nitrogens with zero attached hydrogens (tertiary/aromatic N) is 2. The fourth-order valence-corrected chi connectivity index (χ4v) is 1.07. The first kappa shape index (κ1) is 14.2. The van der Waals surface area contributed by atoms with E-state index in [1.165, 1.54) is 12.4 Å². The summed E-state index contributed by atoms with van der Waals surface area (Å²) in [5, 5.41) is 3.29. The molecule has 98 valence electrons. The van der Waals surface area contributed by atoms with Crippen LogP contribution in [0.4, 0.5) is 18.9 Å². The maximum absolute atomic E-state index is 12.0. The zero-order valence-corrected chi connectivity index (χ0v) is 9.56. The molecule has 0 unspecified atom stereocenters. The van der Waals surface area contributed by atoms with Crippen LogP contribution in [-0.4, -0.2) is 35.0 Å². The highest BCUT2D eigenvalue weighted by Gasteiger charge is 2.39. The second-order valence-electron chi connectivity index (χ2n) is 2.93. The van der Waals surface area contributed by atoms with Crippen LogP contribution in [0.5, 0.6) is 0 Å². The summed E-state index contributed by atoms with van der Waals surface area (Å²) in [4.78, 5) is 28.9. The topological polar surface area (TPSA) is 84.0 Å². The van der Waals surface area contributed by atoms with Crippen molar-refractivity contribution in [3.05, 3.63) is 17.2 Å². The lowest BCUT2D eigenvalue weighted by Crippen LogP contribution is -2.31. The molecular weight excluding hydrogens is 277 g/mol. The summed E-state index contributed by atoms with van der Waals surface area (Å²) in [7, 11) is 1.24. The Bertz CT molecular complexity index is 492. The van der Waals surface area contributed by atoms with Crippen molar-refractivity contribution in [1.29, 1.82) is 0 Å². The molecule has 1 aromatic rings. The third-order valence-electron chi connectivity index (χ3n) is 1.71. The van der Waals surface area contributed by atoms with Crippen LogP contribution >= 0.6 is 11.6 Å². The second-order valence-corrected chi connectivity index (χ2v) is 3.27. The van der Waals surface area contributed by atoms with E-state index in [0.29, 0.717) is 0 Å². The van der Waals surface area contributed by atoms with E-state index in [9.17, 15) is 22.8 Å². The summed E-state index contributed by atoms with van der Waals surface area (Å²) in [6.07, 6.45) is -4.27. The number of amides is 2. The fourth-order valence-electron chi connectivity index (χ4n) is 0.936. The molecule has 0 atom stereocenters. The lowest BCUT2D eigenvalue weighted by atomic mass is 10.3. The van der Waals surface area contributed by atoms with E-state index in [0.717, 1.165) is 6.20 Å². The molecule has 0 saturated carbocycles. The Hall–Kier alpha value is -1.90. The summed E-state index contributed by atoms with van der Waals surface area (Å²) < 4.78 is 36.1. The van der Waals surface area contributed by atoms with Crippen molar-refractivity contribution in [3.63, 3.8) is 0 Å². The first-order chi connectivity index (χ1) is 8.25. The SMILES string of the molecule is CNC(=O)c1nc(Cl)ncc1NC(=O)C(F)(F)F. The van der Waals surface area contributed by atoms with Crippen molar-refractivity contribution < 1.29 is 22.8 Å². The first-order valence-electron chi connectivity index (χ1n) is 4.38. The predicted octanol–water partition coefficient (Wildman–Crippen LogP) is 0.990. The zero-order chi connectivity index (χ0) is 13.9. The minimum absolute atomic E-state index is 0.335. The molecule has 6 nitrogen and oxygen atoms in total. The Balaban J connectivity index is 3.09. The Morgan fingerprint density at radius 1 is 1.39 bits per heavy atom. The average Bonchev–Trinajstić information content (AvgIpc) is 2.29. The Morgan fingerprint density at radius 2 is 2.00 bits per heavy atom. The molecule has 0 spiro atoms. The van der Waals surface area contributed by atoms with Gasteiger partial charge in [0.1, 0.15) is 0 Å². The number of rotatable bonds is 2. The van der Waals surface area contributed by atoms with Crippen molar-refractivity contribution in [3.8, 4) is 0 Å². The molecule has 1 aromatic heterocycles. The van der Waals surface area contributed by atoms with Crippen LogP contribution < -0.4 is 10.6 Å². The summed E-state index contributed by atoms with van der Waals surface area (Å²) in [5.41, 5.74) is -0.948. The van der Waals surface area contributed by atoms with Crippen LogP contribution in [-0.2, 0) is 4.79 Å².